The van der Waals surface area contributed by atoms with Crippen LogP contribution in [-0.2, 0) is 11.2 Å². The highest BCUT2D eigenvalue weighted by atomic mass is 19.1. The van der Waals surface area contributed by atoms with Crippen molar-refractivity contribution in [2.45, 2.75) is 58.8 Å². The van der Waals surface area contributed by atoms with Crippen LogP contribution in [0, 0.1) is 29.5 Å². The lowest BCUT2D eigenvalue weighted by Gasteiger charge is -2.26. The lowest BCUT2D eigenvalue weighted by atomic mass is 9.80. The highest BCUT2D eigenvalue weighted by Gasteiger charge is 2.27. The molecule has 152 valence electrons. The third kappa shape index (κ3) is 5.94. The quantitative estimate of drug-likeness (QED) is 0.339. The maximum atomic E-state index is 14.4. The predicted octanol–water partition coefficient (Wildman–Crippen LogP) is 6.30. The lowest BCUT2D eigenvalue weighted by molar-refractivity contribution is -0.140. The van der Waals surface area contributed by atoms with Gasteiger partial charge >= 0.3 is 5.97 Å². The lowest BCUT2D eigenvalue weighted by Crippen LogP contribution is -2.26. The third-order valence-electron chi connectivity index (χ3n) is 5.73. The standard InChI is InChI=1S/C26H29FO2/c1-3-5-20-12-15-23(16-13-20)26(28)29-25-17-14-22(18-24(25)27)11-10-21-8-6-19(4-2)7-9-21/h6-9,14,17-18,20,23H,3-5,12-13,15-16H2,1-2H3. The van der Waals surface area contributed by atoms with Crippen LogP contribution >= 0.6 is 0 Å². The topological polar surface area (TPSA) is 26.3 Å². The summed E-state index contributed by atoms with van der Waals surface area (Å²) < 4.78 is 19.8. The molecule has 29 heavy (non-hydrogen) atoms. The smallest absolute Gasteiger partial charge is 0.314 e. The summed E-state index contributed by atoms with van der Waals surface area (Å²) in [4.78, 5) is 12.4. The molecule has 0 spiro atoms. The fourth-order valence-electron chi connectivity index (χ4n) is 3.92. The van der Waals surface area contributed by atoms with Crippen molar-refractivity contribution >= 4 is 5.97 Å². The number of benzene rings is 2. The van der Waals surface area contributed by atoms with Crippen LogP contribution in [0.2, 0.25) is 0 Å². The van der Waals surface area contributed by atoms with Gasteiger partial charge in [-0.2, -0.15) is 0 Å². The number of halogens is 1. The molecule has 0 N–H and O–H groups in total. The van der Waals surface area contributed by atoms with Gasteiger partial charge in [0.25, 0.3) is 0 Å². The van der Waals surface area contributed by atoms with Gasteiger partial charge < -0.3 is 4.74 Å². The first kappa shape index (κ1) is 21.1. The van der Waals surface area contributed by atoms with E-state index >= 15 is 0 Å². The number of ether oxygens (including phenoxy) is 1. The number of carbonyl (C=O) groups excluding carboxylic acids is 1. The summed E-state index contributed by atoms with van der Waals surface area (Å²) >= 11 is 0. The van der Waals surface area contributed by atoms with E-state index in [1.54, 1.807) is 6.07 Å². The molecule has 1 aliphatic rings. The predicted molar refractivity (Wildman–Crippen MR) is 114 cm³/mol. The van der Waals surface area contributed by atoms with E-state index in [2.05, 4.69) is 25.7 Å². The Kier molecular flexibility index (Phi) is 7.47. The zero-order valence-electron chi connectivity index (χ0n) is 17.3. The Labute approximate surface area is 173 Å². The first-order valence-corrected chi connectivity index (χ1v) is 10.7. The van der Waals surface area contributed by atoms with Crippen LogP contribution in [0.4, 0.5) is 4.39 Å². The van der Waals surface area contributed by atoms with Crippen molar-refractivity contribution in [3.05, 3.63) is 65.0 Å². The van der Waals surface area contributed by atoms with Crippen molar-refractivity contribution in [1.29, 1.82) is 0 Å². The van der Waals surface area contributed by atoms with E-state index in [1.807, 2.05) is 24.3 Å². The minimum Gasteiger partial charge on any atom is -0.423 e. The molecule has 0 radical (unpaired) electrons. The Balaban J connectivity index is 1.59. The van der Waals surface area contributed by atoms with Crippen LogP contribution in [0.5, 0.6) is 5.75 Å². The normalized spacial score (nSPS) is 18.6. The van der Waals surface area contributed by atoms with Crippen molar-refractivity contribution in [2.75, 3.05) is 0 Å². The summed E-state index contributed by atoms with van der Waals surface area (Å²) in [6.45, 7) is 4.30. The summed E-state index contributed by atoms with van der Waals surface area (Å²) in [6.07, 6.45) is 7.19. The fourth-order valence-corrected chi connectivity index (χ4v) is 3.92. The molecule has 1 saturated carbocycles. The van der Waals surface area contributed by atoms with Crippen molar-refractivity contribution in [3.63, 3.8) is 0 Å². The summed E-state index contributed by atoms with van der Waals surface area (Å²) in [5.41, 5.74) is 2.70. The molecule has 0 atom stereocenters. The fraction of sp³-hybridized carbons (Fsp3) is 0.423. The number of aryl methyl sites for hydroxylation is 1. The molecule has 3 rings (SSSR count). The van der Waals surface area contributed by atoms with Crippen molar-refractivity contribution in [1.82, 2.24) is 0 Å². The van der Waals surface area contributed by atoms with Crippen LogP contribution in [0.3, 0.4) is 0 Å². The Bertz CT molecular complexity index is 881. The Hall–Kier alpha value is -2.60. The SMILES string of the molecule is CCCC1CCC(C(=O)Oc2ccc(C#Cc3ccc(CC)cc3)cc2F)CC1. The average Bonchev–Trinajstić information content (AvgIpc) is 2.75. The van der Waals surface area contributed by atoms with E-state index in [0.29, 0.717) is 5.56 Å². The van der Waals surface area contributed by atoms with Crippen LogP contribution in [0.15, 0.2) is 42.5 Å². The molecule has 1 aliphatic carbocycles. The van der Waals surface area contributed by atoms with Crippen molar-refractivity contribution in [2.24, 2.45) is 11.8 Å². The van der Waals surface area contributed by atoms with Gasteiger partial charge in [0.2, 0.25) is 0 Å². The summed E-state index contributed by atoms with van der Waals surface area (Å²) in [5.74, 6) is 5.74. The van der Waals surface area contributed by atoms with Crippen LogP contribution in [0.25, 0.3) is 0 Å². The molecule has 0 saturated heterocycles. The maximum Gasteiger partial charge on any atom is 0.314 e. The largest absolute Gasteiger partial charge is 0.423 e. The van der Waals surface area contributed by atoms with Gasteiger partial charge in [-0.3, -0.25) is 4.79 Å². The average molecular weight is 393 g/mol. The highest BCUT2D eigenvalue weighted by molar-refractivity contribution is 5.75. The van der Waals surface area contributed by atoms with E-state index in [0.717, 1.165) is 43.6 Å². The van der Waals surface area contributed by atoms with Gasteiger partial charge in [-0.05, 0) is 73.9 Å². The van der Waals surface area contributed by atoms with Gasteiger partial charge in [-0.1, -0.05) is 50.7 Å². The zero-order chi connectivity index (χ0) is 20.6. The van der Waals surface area contributed by atoms with Gasteiger partial charge in [-0.25, -0.2) is 4.39 Å². The molecule has 0 unspecified atom stereocenters. The van der Waals surface area contributed by atoms with Gasteiger partial charge in [0.1, 0.15) is 0 Å². The van der Waals surface area contributed by atoms with Crippen molar-refractivity contribution in [3.8, 4) is 17.6 Å². The van der Waals surface area contributed by atoms with E-state index < -0.39 is 5.82 Å². The molecule has 0 aliphatic heterocycles. The Morgan fingerprint density at radius 1 is 1.00 bits per heavy atom. The molecule has 1 fully saturated rings. The molecule has 2 nitrogen and oxygen atoms in total. The first-order valence-electron chi connectivity index (χ1n) is 10.7. The number of rotatable bonds is 5. The molecule has 0 bridgehead atoms. The molecule has 0 aromatic heterocycles. The van der Waals surface area contributed by atoms with Crippen LogP contribution in [-0.4, -0.2) is 5.97 Å². The molecule has 2 aromatic rings. The van der Waals surface area contributed by atoms with Crippen molar-refractivity contribution < 1.29 is 13.9 Å². The van der Waals surface area contributed by atoms with E-state index in [1.165, 1.54) is 30.5 Å². The second kappa shape index (κ2) is 10.3. The van der Waals surface area contributed by atoms with E-state index in [-0.39, 0.29) is 17.6 Å². The maximum absolute atomic E-state index is 14.4. The number of hydrogen-bond acceptors (Lipinski definition) is 2. The van der Waals surface area contributed by atoms with Gasteiger partial charge in [0.15, 0.2) is 11.6 Å². The molecule has 3 heteroatoms. The number of carbonyl (C=O) groups is 1. The minimum absolute atomic E-state index is 0.0106. The van der Waals surface area contributed by atoms with Gasteiger partial charge in [0, 0.05) is 11.1 Å². The second-order valence-corrected chi connectivity index (χ2v) is 7.87. The second-order valence-electron chi connectivity index (χ2n) is 7.87. The molecule has 0 amide bonds. The third-order valence-corrected chi connectivity index (χ3v) is 5.73. The van der Waals surface area contributed by atoms with Crippen LogP contribution < -0.4 is 4.74 Å². The number of hydrogen-bond donors (Lipinski definition) is 0. The minimum atomic E-state index is -0.550. The Morgan fingerprint density at radius 3 is 2.28 bits per heavy atom. The molecule has 0 heterocycles. The molecular weight excluding hydrogens is 363 g/mol. The molecular formula is C26H29FO2. The van der Waals surface area contributed by atoms with E-state index in [4.69, 9.17) is 4.74 Å². The number of esters is 1. The Morgan fingerprint density at radius 2 is 1.66 bits per heavy atom. The highest BCUT2D eigenvalue weighted by Crippen LogP contribution is 2.32. The molecule has 2 aromatic carbocycles. The van der Waals surface area contributed by atoms with Gasteiger partial charge in [-0.15, -0.1) is 0 Å². The van der Waals surface area contributed by atoms with Gasteiger partial charge in [0.05, 0.1) is 5.92 Å². The monoisotopic (exact) mass is 392 g/mol. The zero-order valence-corrected chi connectivity index (χ0v) is 17.3. The first-order chi connectivity index (χ1) is 14.1. The van der Waals surface area contributed by atoms with E-state index in [9.17, 15) is 9.18 Å². The summed E-state index contributed by atoms with van der Waals surface area (Å²) in [7, 11) is 0. The van der Waals surface area contributed by atoms with Crippen LogP contribution in [0.1, 0.15) is 69.1 Å². The summed E-state index contributed by atoms with van der Waals surface area (Å²) in [6, 6.07) is 12.5. The summed E-state index contributed by atoms with van der Waals surface area (Å²) in [5, 5.41) is 0.